The average molecular weight is 229 g/mol. The van der Waals surface area contributed by atoms with Gasteiger partial charge in [0.25, 0.3) is 0 Å². The first-order valence-electron chi connectivity index (χ1n) is 4.95. The first-order chi connectivity index (χ1) is 7.63. The molecule has 0 atom stereocenters. The Morgan fingerprint density at radius 1 is 1.31 bits per heavy atom. The molecule has 0 aliphatic carbocycles. The van der Waals surface area contributed by atoms with Gasteiger partial charge in [-0.3, -0.25) is 4.79 Å². The molecule has 0 fully saturated rings. The van der Waals surface area contributed by atoms with Crippen molar-refractivity contribution in [2.45, 2.75) is 12.8 Å². The van der Waals surface area contributed by atoms with Crippen molar-refractivity contribution in [1.29, 1.82) is 0 Å². The maximum absolute atomic E-state index is 12.8. The highest BCUT2D eigenvalue weighted by Gasteiger charge is 2.06. The van der Waals surface area contributed by atoms with Crippen LogP contribution in [0.2, 0.25) is 0 Å². The SMILES string of the molecule is O=C(Cc1ccc(F)c(F)c1)NCCCO. The van der Waals surface area contributed by atoms with Crippen LogP contribution >= 0.6 is 0 Å². The van der Waals surface area contributed by atoms with Gasteiger partial charge in [-0.15, -0.1) is 0 Å². The van der Waals surface area contributed by atoms with Gasteiger partial charge in [0, 0.05) is 13.2 Å². The van der Waals surface area contributed by atoms with Crippen LogP contribution in [-0.2, 0) is 11.2 Å². The molecule has 5 heteroatoms. The predicted molar refractivity (Wildman–Crippen MR) is 54.8 cm³/mol. The molecule has 0 radical (unpaired) electrons. The maximum Gasteiger partial charge on any atom is 0.224 e. The third-order valence-corrected chi connectivity index (χ3v) is 2.01. The number of rotatable bonds is 5. The molecule has 1 aromatic carbocycles. The molecule has 0 saturated carbocycles. The number of hydrogen-bond donors (Lipinski definition) is 2. The van der Waals surface area contributed by atoms with Crippen molar-refractivity contribution in [2.75, 3.05) is 13.2 Å². The van der Waals surface area contributed by atoms with Gasteiger partial charge in [-0.25, -0.2) is 8.78 Å². The molecule has 1 aromatic rings. The molecule has 16 heavy (non-hydrogen) atoms. The summed E-state index contributed by atoms with van der Waals surface area (Å²) in [5.41, 5.74) is 0.417. The summed E-state index contributed by atoms with van der Waals surface area (Å²) < 4.78 is 25.4. The molecule has 3 nitrogen and oxygen atoms in total. The van der Waals surface area contributed by atoms with E-state index in [1.165, 1.54) is 6.07 Å². The Morgan fingerprint density at radius 2 is 2.06 bits per heavy atom. The fourth-order valence-electron chi connectivity index (χ4n) is 1.20. The van der Waals surface area contributed by atoms with Gasteiger partial charge in [0.2, 0.25) is 5.91 Å². The summed E-state index contributed by atoms with van der Waals surface area (Å²) in [6.45, 7) is 0.379. The highest BCUT2D eigenvalue weighted by atomic mass is 19.2. The Kier molecular flexibility index (Phi) is 4.85. The Balaban J connectivity index is 2.46. The molecule has 2 N–H and O–H groups in total. The second kappa shape index (κ2) is 6.17. The van der Waals surface area contributed by atoms with Crippen molar-refractivity contribution in [3.63, 3.8) is 0 Å². The van der Waals surface area contributed by atoms with Gasteiger partial charge in [0.15, 0.2) is 11.6 Å². The van der Waals surface area contributed by atoms with Crippen LogP contribution in [0.4, 0.5) is 8.78 Å². The number of aliphatic hydroxyl groups excluding tert-OH is 1. The minimum absolute atomic E-state index is 0.00261. The molecule has 0 spiro atoms. The lowest BCUT2D eigenvalue weighted by molar-refractivity contribution is -0.120. The zero-order valence-corrected chi connectivity index (χ0v) is 8.67. The number of carbonyl (C=O) groups excluding carboxylic acids is 1. The maximum atomic E-state index is 12.8. The number of hydrogen-bond acceptors (Lipinski definition) is 2. The quantitative estimate of drug-likeness (QED) is 0.740. The molecule has 0 aliphatic rings. The molecule has 1 amide bonds. The van der Waals surface area contributed by atoms with Crippen LogP contribution in [0.25, 0.3) is 0 Å². The number of aliphatic hydroxyl groups is 1. The average Bonchev–Trinajstić information content (AvgIpc) is 2.24. The number of carbonyl (C=O) groups is 1. The summed E-state index contributed by atoms with van der Waals surface area (Å²) in [6, 6.07) is 3.36. The highest BCUT2D eigenvalue weighted by molar-refractivity contribution is 5.78. The zero-order valence-electron chi connectivity index (χ0n) is 8.67. The number of amides is 1. The molecule has 0 heterocycles. The Bertz CT molecular complexity index is 369. The standard InChI is InChI=1S/C11H13F2NO2/c12-9-3-2-8(6-10(9)13)7-11(16)14-4-1-5-15/h2-3,6,15H,1,4-5,7H2,(H,14,16). The number of nitrogens with one attached hydrogen (secondary N) is 1. The lowest BCUT2D eigenvalue weighted by atomic mass is 10.1. The molecule has 0 bridgehead atoms. The van der Waals surface area contributed by atoms with Crippen molar-refractivity contribution >= 4 is 5.91 Å². The minimum atomic E-state index is -0.958. The largest absolute Gasteiger partial charge is 0.396 e. The highest BCUT2D eigenvalue weighted by Crippen LogP contribution is 2.08. The molecule has 0 saturated heterocycles. The van der Waals surface area contributed by atoms with E-state index in [0.717, 1.165) is 12.1 Å². The normalized spacial score (nSPS) is 10.2. The fraction of sp³-hybridized carbons (Fsp3) is 0.364. The molecule has 88 valence electrons. The molecular formula is C11H13F2NO2. The molecule has 0 aromatic heterocycles. The second-order valence-electron chi connectivity index (χ2n) is 3.35. The van der Waals surface area contributed by atoms with Crippen LogP contribution in [0.1, 0.15) is 12.0 Å². The number of halogens is 2. The van der Waals surface area contributed by atoms with Crippen molar-refractivity contribution < 1.29 is 18.7 Å². The van der Waals surface area contributed by atoms with Gasteiger partial charge >= 0.3 is 0 Å². The zero-order chi connectivity index (χ0) is 12.0. The van der Waals surface area contributed by atoms with Crippen molar-refractivity contribution in [2.24, 2.45) is 0 Å². The summed E-state index contributed by atoms with van der Waals surface area (Å²) in [6.07, 6.45) is 0.478. The van der Waals surface area contributed by atoms with Crippen LogP contribution in [-0.4, -0.2) is 24.2 Å². The Morgan fingerprint density at radius 3 is 2.69 bits per heavy atom. The third-order valence-electron chi connectivity index (χ3n) is 2.01. The van der Waals surface area contributed by atoms with E-state index >= 15 is 0 Å². The van der Waals surface area contributed by atoms with Crippen molar-refractivity contribution in [1.82, 2.24) is 5.32 Å². The third kappa shape index (κ3) is 3.94. The molecule has 0 unspecified atom stereocenters. The van der Waals surface area contributed by atoms with Crippen molar-refractivity contribution in [3.8, 4) is 0 Å². The monoisotopic (exact) mass is 229 g/mol. The fourth-order valence-corrected chi connectivity index (χ4v) is 1.20. The predicted octanol–water partition coefficient (Wildman–Crippen LogP) is 1.01. The van der Waals surface area contributed by atoms with Crippen LogP contribution in [0.15, 0.2) is 18.2 Å². The van der Waals surface area contributed by atoms with E-state index in [1.807, 2.05) is 0 Å². The summed E-state index contributed by atoms with van der Waals surface area (Å²) in [4.78, 5) is 11.3. The Hall–Kier alpha value is -1.49. The first kappa shape index (κ1) is 12.6. The van der Waals surface area contributed by atoms with E-state index in [1.54, 1.807) is 0 Å². The lowest BCUT2D eigenvalue weighted by Gasteiger charge is -2.04. The topological polar surface area (TPSA) is 49.3 Å². The first-order valence-corrected chi connectivity index (χ1v) is 4.95. The van der Waals surface area contributed by atoms with E-state index in [2.05, 4.69) is 5.32 Å². The van der Waals surface area contributed by atoms with Gasteiger partial charge in [-0.2, -0.15) is 0 Å². The van der Waals surface area contributed by atoms with Crippen LogP contribution in [0, 0.1) is 11.6 Å². The van der Waals surface area contributed by atoms with E-state index in [9.17, 15) is 13.6 Å². The van der Waals surface area contributed by atoms with Gasteiger partial charge in [-0.1, -0.05) is 6.07 Å². The minimum Gasteiger partial charge on any atom is -0.396 e. The van der Waals surface area contributed by atoms with Gasteiger partial charge in [0.1, 0.15) is 0 Å². The Labute approximate surface area is 92.1 Å². The van der Waals surface area contributed by atoms with Gasteiger partial charge < -0.3 is 10.4 Å². The number of benzene rings is 1. The van der Waals surface area contributed by atoms with Crippen LogP contribution in [0.5, 0.6) is 0 Å². The summed E-state index contributed by atoms with van der Waals surface area (Å²) in [5, 5.41) is 11.0. The summed E-state index contributed by atoms with van der Waals surface area (Å²) in [7, 11) is 0. The van der Waals surface area contributed by atoms with Crippen LogP contribution in [0.3, 0.4) is 0 Å². The van der Waals surface area contributed by atoms with Gasteiger partial charge in [-0.05, 0) is 24.1 Å². The summed E-state index contributed by atoms with van der Waals surface area (Å²) in [5.74, 6) is -2.16. The summed E-state index contributed by atoms with van der Waals surface area (Å²) >= 11 is 0. The van der Waals surface area contributed by atoms with E-state index < -0.39 is 11.6 Å². The molecule has 0 aliphatic heterocycles. The molecular weight excluding hydrogens is 216 g/mol. The van der Waals surface area contributed by atoms with E-state index in [0.29, 0.717) is 18.5 Å². The second-order valence-corrected chi connectivity index (χ2v) is 3.35. The van der Waals surface area contributed by atoms with Crippen molar-refractivity contribution in [3.05, 3.63) is 35.4 Å². The van der Waals surface area contributed by atoms with E-state index in [4.69, 9.17) is 5.11 Å². The van der Waals surface area contributed by atoms with Crippen LogP contribution < -0.4 is 5.32 Å². The van der Waals surface area contributed by atoms with Gasteiger partial charge in [0.05, 0.1) is 6.42 Å². The smallest absolute Gasteiger partial charge is 0.224 e. The van der Waals surface area contributed by atoms with E-state index in [-0.39, 0.29) is 18.9 Å². The lowest BCUT2D eigenvalue weighted by Crippen LogP contribution is -2.26. The molecule has 1 rings (SSSR count).